The van der Waals surface area contributed by atoms with Crippen LogP contribution in [0.3, 0.4) is 0 Å². The summed E-state index contributed by atoms with van der Waals surface area (Å²) < 4.78 is 0. The first kappa shape index (κ1) is 12.2. The van der Waals surface area contributed by atoms with Crippen LogP contribution < -0.4 is 0 Å². The summed E-state index contributed by atoms with van der Waals surface area (Å²) in [7, 11) is 2.20. The summed E-state index contributed by atoms with van der Waals surface area (Å²) in [5, 5.41) is 1.36. The van der Waals surface area contributed by atoms with E-state index in [1.807, 2.05) is 0 Å². The molecule has 0 radical (unpaired) electrons. The van der Waals surface area contributed by atoms with Gasteiger partial charge in [0.1, 0.15) is 0 Å². The number of H-pyrrole nitrogens is 1. The average molecular weight is 230 g/mol. The lowest BCUT2D eigenvalue weighted by molar-refractivity contribution is 0.207. The van der Waals surface area contributed by atoms with Gasteiger partial charge in [0.15, 0.2) is 0 Å². The summed E-state index contributed by atoms with van der Waals surface area (Å²) in [4.78, 5) is 5.76. The molecule has 2 aromatic rings. The second-order valence-electron chi connectivity index (χ2n) is 5.17. The zero-order valence-electron chi connectivity index (χ0n) is 11.2. The molecule has 0 fully saturated rings. The number of nitrogens with zero attached hydrogens (tertiary/aromatic N) is 1. The predicted octanol–water partition coefficient (Wildman–Crippen LogP) is 3.44. The highest BCUT2D eigenvalue weighted by Crippen LogP contribution is 2.20. The first-order valence-corrected chi connectivity index (χ1v) is 6.36. The van der Waals surface area contributed by atoms with Crippen LogP contribution in [0.2, 0.25) is 0 Å². The van der Waals surface area contributed by atoms with Crippen molar-refractivity contribution in [1.82, 2.24) is 9.88 Å². The topological polar surface area (TPSA) is 19.0 Å². The Kier molecular flexibility index (Phi) is 3.53. The lowest BCUT2D eigenvalue weighted by Crippen LogP contribution is -2.36. The zero-order chi connectivity index (χ0) is 12.4. The normalized spacial score (nSPS) is 13.8. The third-order valence-electron chi connectivity index (χ3n) is 3.70. The maximum atomic E-state index is 3.34. The highest BCUT2D eigenvalue weighted by molar-refractivity contribution is 5.83. The minimum Gasteiger partial charge on any atom is -0.361 e. The molecule has 0 saturated heterocycles. The summed E-state index contributed by atoms with van der Waals surface area (Å²) in [6.07, 6.45) is 3.24. The van der Waals surface area contributed by atoms with Crippen LogP contribution in [-0.4, -0.2) is 29.0 Å². The van der Waals surface area contributed by atoms with Crippen molar-refractivity contribution in [2.75, 3.05) is 7.05 Å². The van der Waals surface area contributed by atoms with Crippen molar-refractivity contribution in [3.63, 3.8) is 0 Å². The predicted molar refractivity (Wildman–Crippen MR) is 74.4 cm³/mol. The number of hydrogen-bond acceptors (Lipinski definition) is 1. The van der Waals surface area contributed by atoms with Crippen LogP contribution in [0.25, 0.3) is 10.9 Å². The van der Waals surface area contributed by atoms with Crippen molar-refractivity contribution in [2.45, 2.75) is 39.3 Å². The van der Waals surface area contributed by atoms with E-state index >= 15 is 0 Å². The molecule has 17 heavy (non-hydrogen) atoms. The van der Waals surface area contributed by atoms with E-state index in [0.29, 0.717) is 12.1 Å². The summed E-state index contributed by atoms with van der Waals surface area (Å²) in [6.45, 7) is 6.78. The molecule has 0 aliphatic rings. The second-order valence-corrected chi connectivity index (χ2v) is 5.17. The van der Waals surface area contributed by atoms with Crippen LogP contribution in [0.5, 0.6) is 0 Å². The van der Waals surface area contributed by atoms with E-state index in [0.717, 1.165) is 6.42 Å². The number of aromatic amines is 1. The molecule has 0 bridgehead atoms. The molecule has 92 valence electrons. The van der Waals surface area contributed by atoms with Crippen molar-refractivity contribution < 1.29 is 0 Å². The molecule has 2 rings (SSSR count). The lowest BCUT2D eigenvalue weighted by Gasteiger charge is -2.28. The van der Waals surface area contributed by atoms with Gasteiger partial charge in [-0.2, -0.15) is 0 Å². The fraction of sp³-hybridized carbons (Fsp3) is 0.467. The van der Waals surface area contributed by atoms with Crippen molar-refractivity contribution in [3.8, 4) is 0 Å². The number of hydrogen-bond donors (Lipinski definition) is 1. The van der Waals surface area contributed by atoms with Crippen LogP contribution in [0.4, 0.5) is 0 Å². The number of rotatable bonds is 4. The standard InChI is InChI=1S/C15H22N2/c1-11(2)17(4)12(3)9-13-10-16-15-8-6-5-7-14(13)15/h5-8,10-12,16H,9H2,1-4H3. The van der Waals surface area contributed by atoms with E-state index in [4.69, 9.17) is 0 Å². The fourth-order valence-corrected chi connectivity index (χ4v) is 2.27. The number of fused-ring (bicyclic) bond motifs is 1. The van der Waals surface area contributed by atoms with Crippen molar-refractivity contribution in [1.29, 1.82) is 0 Å². The average Bonchev–Trinajstić information content (AvgIpc) is 2.71. The van der Waals surface area contributed by atoms with Crippen LogP contribution >= 0.6 is 0 Å². The summed E-state index contributed by atoms with van der Waals surface area (Å²) in [5.74, 6) is 0. The Balaban J connectivity index is 2.18. The molecule has 0 aliphatic carbocycles. The Morgan fingerprint density at radius 2 is 1.88 bits per heavy atom. The molecule has 1 unspecified atom stereocenters. The maximum Gasteiger partial charge on any atom is 0.0456 e. The van der Waals surface area contributed by atoms with E-state index < -0.39 is 0 Å². The van der Waals surface area contributed by atoms with Crippen LogP contribution in [-0.2, 0) is 6.42 Å². The largest absolute Gasteiger partial charge is 0.361 e. The van der Waals surface area contributed by atoms with Crippen molar-refractivity contribution in [3.05, 3.63) is 36.0 Å². The molecule has 2 nitrogen and oxygen atoms in total. The van der Waals surface area contributed by atoms with Crippen molar-refractivity contribution >= 4 is 10.9 Å². The molecule has 1 heterocycles. The quantitative estimate of drug-likeness (QED) is 0.852. The van der Waals surface area contributed by atoms with Crippen LogP contribution in [0, 0.1) is 0 Å². The van der Waals surface area contributed by atoms with Gasteiger partial charge in [0.25, 0.3) is 0 Å². The van der Waals surface area contributed by atoms with Gasteiger partial charge in [-0.05, 0) is 45.9 Å². The monoisotopic (exact) mass is 230 g/mol. The molecule has 0 amide bonds. The van der Waals surface area contributed by atoms with Gasteiger partial charge in [-0.25, -0.2) is 0 Å². The smallest absolute Gasteiger partial charge is 0.0456 e. The molecular formula is C15H22N2. The Morgan fingerprint density at radius 3 is 2.59 bits per heavy atom. The summed E-state index contributed by atoms with van der Waals surface area (Å²) >= 11 is 0. The molecule has 1 aromatic heterocycles. The minimum atomic E-state index is 0.564. The SMILES string of the molecule is CC(C)N(C)C(C)Cc1c[nH]c2ccccc12. The molecule has 0 saturated carbocycles. The molecule has 0 aliphatic heterocycles. The number of aromatic nitrogens is 1. The van der Waals surface area contributed by atoms with Gasteiger partial charge < -0.3 is 9.88 Å². The molecule has 1 aromatic carbocycles. The van der Waals surface area contributed by atoms with Crippen molar-refractivity contribution in [2.24, 2.45) is 0 Å². The molecule has 0 spiro atoms. The van der Waals surface area contributed by atoms with E-state index in [1.165, 1.54) is 16.5 Å². The number of likely N-dealkylation sites (N-methyl/N-ethyl adjacent to an activating group) is 1. The molecule has 1 atom stereocenters. The number of nitrogens with one attached hydrogen (secondary N) is 1. The van der Waals surface area contributed by atoms with Gasteiger partial charge in [0.05, 0.1) is 0 Å². The number of para-hydroxylation sites is 1. The van der Waals surface area contributed by atoms with Gasteiger partial charge in [-0.15, -0.1) is 0 Å². The third-order valence-corrected chi connectivity index (χ3v) is 3.70. The Bertz CT molecular complexity index is 484. The first-order valence-electron chi connectivity index (χ1n) is 6.36. The molecule has 1 N–H and O–H groups in total. The zero-order valence-corrected chi connectivity index (χ0v) is 11.2. The second kappa shape index (κ2) is 4.92. The first-order chi connectivity index (χ1) is 8.09. The van der Waals surface area contributed by atoms with Crippen LogP contribution in [0.15, 0.2) is 30.5 Å². The lowest BCUT2D eigenvalue weighted by atomic mass is 10.0. The van der Waals surface area contributed by atoms with E-state index in [2.05, 4.69) is 68.2 Å². The fourth-order valence-electron chi connectivity index (χ4n) is 2.27. The third kappa shape index (κ3) is 2.52. The van der Waals surface area contributed by atoms with Gasteiger partial charge in [0.2, 0.25) is 0 Å². The minimum absolute atomic E-state index is 0.564. The summed E-state index contributed by atoms with van der Waals surface area (Å²) in [5.41, 5.74) is 2.66. The van der Waals surface area contributed by atoms with E-state index in [-0.39, 0.29) is 0 Å². The Labute approximate surface area is 104 Å². The summed E-state index contributed by atoms with van der Waals surface area (Å²) in [6, 6.07) is 9.67. The highest BCUT2D eigenvalue weighted by atomic mass is 15.1. The van der Waals surface area contributed by atoms with Gasteiger partial charge >= 0.3 is 0 Å². The number of benzene rings is 1. The van der Waals surface area contributed by atoms with Gasteiger partial charge in [-0.1, -0.05) is 18.2 Å². The maximum absolute atomic E-state index is 3.34. The Hall–Kier alpha value is -1.28. The van der Waals surface area contributed by atoms with Crippen LogP contribution in [0.1, 0.15) is 26.3 Å². The van der Waals surface area contributed by atoms with E-state index in [9.17, 15) is 0 Å². The molecule has 2 heteroatoms. The van der Waals surface area contributed by atoms with Gasteiger partial charge in [-0.3, -0.25) is 0 Å². The molecular weight excluding hydrogens is 208 g/mol. The van der Waals surface area contributed by atoms with Gasteiger partial charge in [0, 0.05) is 29.2 Å². The highest BCUT2D eigenvalue weighted by Gasteiger charge is 2.14. The van der Waals surface area contributed by atoms with E-state index in [1.54, 1.807) is 0 Å². The Morgan fingerprint density at radius 1 is 1.18 bits per heavy atom.